The molecule has 8 rings (SSSR count). The molecule has 0 spiro atoms. The molecule has 0 radical (unpaired) electrons. The third kappa shape index (κ3) is 31.0. The van der Waals surface area contributed by atoms with Crippen molar-refractivity contribution in [2.45, 2.75) is 179 Å². The van der Waals surface area contributed by atoms with Crippen molar-refractivity contribution in [1.29, 1.82) is 0 Å². The van der Waals surface area contributed by atoms with Crippen LogP contribution < -0.4 is 37.6 Å². The number of nitrogens with one attached hydrogen (secondary N) is 6. The number of hydrogen-bond acceptors (Lipinski definition) is 21. The summed E-state index contributed by atoms with van der Waals surface area (Å²) in [6.07, 6.45) is -2.63. The Morgan fingerprint density at radius 1 is 0.523 bits per heavy atom. The van der Waals surface area contributed by atoms with Gasteiger partial charge in [-0.3, -0.25) is 76.7 Å². The molecule has 6 aromatic carbocycles. The minimum atomic E-state index is -1.58. The fraction of sp³-hybridized carbons (Fsp3) is 0.438. The number of nitrogens with two attached hydrogens (primary N) is 1. The van der Waals surface area contributed by atoms with Crippen LogP contribution in [0.25, 0.3) is 10.1 Å². The number of likely N-dealkylation sites (N-methyl/N-ethyl adjacent to an activating group) is 5. The average Bonchev–Trinajstić information content (AvgIpc) is 1.43. The Bertz CT molecular complexity index is 5100. The van der Waals surface area contributed by atoms with Crippen LogP contribution in [0.1, 0.15) is 119 Å². The molecular formula is C96H119FN12O19S2. The molecule has 0 saturated carbocycles. The lowest BCUT2D eigenvalue weighted by atomic mass is 9.84. The van der Waals surface area contributed by atoms with E-state index in [2.05, 4.69) is 31.9 Å². The van der Waals surface area contributed by atoms with Gasteiger partial charge in [-0.2, -0.15) is 0 Å². The molecule has 0 bridgehead atoms. The lowest BCUT2D eigenvalue weighted by molar-refractivity contribution is -0.151. The highest BCUT2D eigenvalue weighted by molar-refractivity contribution is 8.00. The highest BCUT2D eigenvalue weighted by Gasteiger charge is 2.42. The van der Waals surface area contributed by atoms with Gasteiger partial charge in [-0.25, -0.2) is 4.39 Å². The van der Waals surface area contributed by atoms with Gasteiger partial charge in [0.05, 0.1) is 30.8 Å². The van der Waals surface area contributed by atoms with Gasteiger partial charge in [-0.15, -0.1) is 23.1 Å². The molecule has 1 aliphatic heterocycles. The zero-order valence-corrected chi connectivity index (χ0v) is 76.6. The summed E-state index contributed by atoms with van der Waals surface area (Å²) in [5.41, 5.74) is 8.33. The second-order valence-corrected chi connectivity index (χ2v) is 35.7. The maximum Gasteiger partial charge on any atom is 0.293 e. The molecule has 2 heterocycles. The summed E-state index contributed by atoms with van der Waals surface area (Å²) >= 11 is 2.18. The lowest BCUT2D eigenvalue weighted by Gasteiger charge is -2.37. The van der Waals surface area contributed by atoms with Crippen molar-refractivity contribution in [3.63, 3.8) is 0 Å². The van der Waals surface area contributed by atoms with Gasteiger partial charge in [0, 0.05) is 116 Å². The predicted molar refractivity (Wildman–Crippen MR) is 489 cm³/mol. The van der Waals surface area contributed by atoms with E-state index in [4.69, 9.17) is 10.5 Å². The van der Waals surface area contributed by atoms with Gasteiger partial charge in [-0.1, -0.05) is 163 Å². The van der Waals surface area contributed by atoms with Crippen molar-refractivity contribution in [2.75, 3.05) is 66.4 Å². The fourth-order valence-electron chi connectivity index (χ4n) is 15.5. The molecule has 7 aromatic rings. The molecule has 31 nitrogen and oxygen atoms in total. The number of ether oxygens (including phenoxy) is 1. The van der Waals surface area contributed by atoms with Gasteiger partial charge < -0.3 is 77.1 Å². The minimum absolute atomic E-state index is 0.0510. The first-order valence-electron chi connectivity index (χ1n) is 43.3. The summed E-state index contributed by atoms with van der Waals surface area (Å²) in [5.74, 6) is -17.6. The zero-order valence-electron chi connectivity index (χ0n) is 74.9. The molecule has 1 aromatic heterocycles. The monoisotopic (exact) mass is 1830 g/mol. The SMILES string of the molecule is CCCC[C@H]1C(=O)N(C)CC(=O)C[C@@H](COC=O)C(=O)C[C@@H](C(C)C)C(=O)N(C)[C@@H](Cc2ccccc2)C(=O)N[C@@H](Cc2ccc(O)cc2)C(=O)N(C)CC(=O)N[C@@H](Cc2csc3ccccc23)C(=O)N[C@@H](Cc2ccc(O)cc2)C(=O)N[C@@H](CC(C)C)C(=O)N[C@H](C(=O)CCC(N)=O)CSCC(=O)N[C@@H](Cc2cccc(F)c2)C(=O)N(C)[C@@H](Cc2ccccc2)C(=O)N1C. The normalized spacial score (nSPS) is 22.0. The largest absolute Gasteiger partial charge is 0.508 e. The highest BCUT2D eigenvalue weighted by atomic mass is 32.2. The molecule has 130 heavy (non-hydrogen) atoms. The van der Waals surface area contributed by atoms with Crippen LogP contribution in [0.15, 0.2) is 163 Å². The molecule has 34 heteroatoms. The molecule has 696 valence electrons. The summed E-state index contributed by atoms with van der Waals surface area (Å²) in [6.45, 7) is 6.76. The van der Waals surface area contributed by atoms with Crippen LogP contribution in [0.3, 0.4) is 0 Å². The van der Waals surface area contributed by atoms with Crippen molar-refractivity contribution < 1.29 is 96.1 Å². The predicted octanol–water partition coefficient (Wildman–Crippen LogP) is 6.31. The number of Topliss-reactive ketones (excluding diaryl/α,β-unsaturated/α-hetero) is 3. The number of aromatic hydroxyl groups is 2. The van der Waals surface area contributed by atoms with Crippen molar-refractivity contribution >= 4 is 128 Å². The Morgan fingerprint density at radius 2 is 1.04 bits per heavy atom. The van der Waals surface area contributed by atoms with Crippen LogP contribution in [-0.4, -0.2) is 250 Å². The number of thioether (sulfide) groups is 1. The summed E-state index contributed by atoms with van der Waals surface area (Å²) in [5, 5.41) is 39.9. The van der Waals surface area contributed by atoms with E-state index in [-0.39, 0.29) is 86.6 Å². The molecule has 1 aliphatic rings. The van der Waals surface area contributed by atoms with Gasteiger partial charge in [0.15, 0.2) is 11.6 Å². The van der Waals surface area contributed by atoms with Gasteiger partial charge in [-0.05, 0) is 111 Å². The molecule has 1 fully saturated rings. The van der Waals surface area contributed by atoms with E-state index in [1.54, 1.807) is 99.8 Å². The Morgan fingerprint density at radius 3 is 1.63 bits per heavy atom. The number of primary amides is 1. The third-order valence-electron chi connectivity index (χ3n) is 22.9. The van der Waals surface area contributed by atoms with Crippen LogP contribution >= 0.6 is 23.1 Å². The first-order valence-corrected chi connectivity index (χ1v) is 45.4. The van der Waals surface area contributed by atoms with E-state index in [1.165, 1.54) is 118 Å². The van der Waals surface area contributed by atoms with E-state index in [0.717, 1.165) is 47.5 Å². The van der Waals surface area contributed by atoms with Crippen molar-refractivity contribution in [1.82, 2.24) is 56.4 Å². The quantitative estimate of drug-likeness (QED) is 0.0283. The summed E-state index contributed by atoms with van der Waals surface area (Å²) in [4.78, 5) is 241. The van der Waals surface area contributed by atoms with E-state index in [0.29, 0.717) is 40.7 Å². The first kappa shape index (κ1) is 103. The number of carbonyl (C=O) groups excluding carboxylic acids is 16. The standard InChI is InChI=1S/C96H119FN12O19S2/c1-11-12-29-79-95(126)105(6)51-70(113)48-65(53-128-57-110)83(115)50-72(59(4)5)92(123)108(9)80(46-60-22-15-13-16-23-60)91(122)103-76(44-63-33-37-69(112)38-34-63)93(124)106(7)52-86(117)99-75(49-66-54-130-84-30-20-19-28-71(66)84)90(121)102-74(43-62-31-35-68(111)36-32-62)89(120)101-73(41-58(2)3)88(119)104-78(82(114)39-40-85(98)116)55-129-56-87(118)100-77(45-64-26-21-27-67(97)42-64)94(125)109(10)81(96(127)107(79)8)47-61-24-17-14-18-25-61/h13-28,30-38,42,54,57-59,65,72-81,111-112H,11-12,29,39-41,43-53,55-56H2,1-10H3,(H2,98,116)(H,99,117)(H,100,118)(H,101,120)(H,102,121)(H,103,122)(H,104,119)/t65-,72-,73-,74-,75-,76-,77-,78-,79-,80-,81-/m0/s1. The fourth-order valence-corrected chi connectivity index (χ4v) is 17.4. The second-order valence-electron chi connectivity index (χ2n) is 33.8. The number of carbonyl (C=O) groups is 16. The number of phenols is 2. The Hall–Kier alpha value is -12.7. The van der Waals surface area contributed by atoms with E-state index < -0.39 is 217 Å². The maximum absolute atomic E-state index is 15.6. The number of unbranched alkanes of at least 4 members (excludes halogenated alkanes) is 1. The zero-order chi connectivity index (χ0) is 95.0. The number of ketones is 3. The number of benzene rings is 6. The Labute approximate surface area is 764 Å². The van der Waals surface area contributed by atoms with E-state index >= 15 is 47.5 Å². The Kier molecular flexibility index (Phi) is 39.7. The molecule has 1 saturated heterocycles. The first-order chi connectivity index (χ1) is 61.9. The van der Waals surface area contributed by atoms with Crippen LogP contribution in [0.4, 0.5) is 4.39 Å². The topological polar surface area (TPSA) is 437 Å². The second kappa shape index (κ2) is 50.3. The van der Waals surface area contributed by atoms with Crippen molar-refractivity contribution in [3.8, 4) is 11.5 Å². The van der Waals surface area contributed by atoms with Crippen molar-refractivity contribution in [3.05, 3.63) is 202 Å². The van der Waals surface area contributed by atoms with Gasteiger partial charge in [0.25, 0.3) is 6.47 Å². The minimum Gasteiger partial charge on any atom is -0.508 e. The molecule has 10 N–H and O–H groups in total. The average molecular weight is 1830 g/mol. The third-order valence-corrected chi connectivity index (χ3v) is 24.9. The number of thiophene rings is 1. The highest BCUT2D eigenvalue weighted by Crippen LogP contribution is 2.30. The van der Waals surface area contributed by atoms with Crippen LogP contribution in [0.5, 0.6) is 11.5 Å². The van der Waals surface area contributed by atoms with E-state index in [1.807, 2.05) is 25.1 Å². The van der Waals surface area contributed by atoms with E-state index in [9.17, 15) is 43.8 Å². The molecule has 0 unspecified atom stereocenters. The maximum atomic E-state index is 15.6. The summed E-state index contributed by atoms with van der Waals surface area (Å²) in [6, 6.07) is 27.9. The van der Waals surface area contributed by atoms with Gasteiger partial charge in [0.2, 0.25) is 70.9 Å². The number of nitrogens with zero attached hydrogens (tertiary/aromatic N) is 5. The lowest BCUT2D eigenvalue weighted by Crippen LogP contribution is -2.59. The van der Waals surface area contributed by atoms with Gasteiger partial charge in [0.1, 0.15) is 78.0 Å². The van der Waals surface area contributed by atoms with Crippen LogP contribution in [0, 0.1) is 29.5 Å². The Balaban J connectivity index is 1.21. The summed E-state index contributed by atoms with van der Waals surface area (Å²) in [7, 11) is 6.68. The number of amides is 12. The van der Waals surface area contributed by atoms with Crippen LogP contribution in [-0.2, 0) is 120 Å². The molecular weight excluding hydrogens is 1710 g/mol. The smallest absolute Gasteiger partial charge is 0.293 e. The molecule has 12 amide bonds. The number of phenolic OH excluding ortho intramolecular Hbond substituents is 2. The number of halogens is 1. The summed E-state index contributed by atoms with van der Waals surface area (Å²) < 4.78 is 21.1. The number of hydrogen-bond donors (Lipinski definition) is 9. The molecule has 11 atom stereocenters. The number of fused-ring (bicyclic) bond motifs is 1. The van der Waals surface area contributed by atoms with Crippen LogP contribution in [0.2, 0.25) is 0 Å². The van der Waals surface area contributed by atoms with Gasteiger partial charge >= 0.3 is 0 Å². The van der Waals surface area contributed by atoms with Crippen molar-refractivity contribution in [2.24, 2.45) is 29.4 Å². The number of rotatable bonds is 25. The molecule has 0 aliphatic carbocycles.